The number of aromatic nitrogens is 2. The molecule has 1 atom stereocenters. The zero-order valence-corrected chi connectivity index (χ0v) is 13.2. The third-order valence-corrected chi connectivity index (χ3v) is 3.71. The van der Waals surface area contributed by atoms with Gasteiger partial charge in [0.2, 0.25) is 0 Å². The molecule has 20 heavy (non-hydrogen) atoms. The molecule has 2 rings (SSSR count). The summed E-state index contributed by atoms with van der Waals surface area (Å²) in [5.41, 5.74) is 6.36. The molecule has 1 heterocycles. The van der Waals surface area contributed by atoms with Crippen LogP contribution >= 0.6 is 0 Å². The first kappa shape index (κ1) is 14.8. The van der Waals surface area contributed by atoms with Crippen molar-refractivity contribution >= 4 is 0 Å². The summed E-state index contributed by atoms with van der Waals surface area (Å²) in [6, 6.07) is 6.89. The highest BCUT2D eigenvalue weighted by atomic mass is 15.3. The molecule has 1 aromatic carbocycles. The van der Waals surface area contributed by atoms with Crippen molar-refractivity contribution in [2.45, 2.75) is 40.2 Å². The Labute approximate surface area is 122 Å². The van der Waals surface area contributed by atoms with Crippen molar-refractivity contribution in [3.05, 3.63) is 52.3 Å². The molecule has 0 saturated heterocycles. The maximum atomic E-state index is 4.49. The van der Waals surface area contributed by atoms with E-state index in [1.54, 1.807) is 0 Å². The lowest BCUT2D eigenvalue weighted by Gasteiger charge is -2.21. The Kier molecular flexibility index (Phi) is 4.61. The largest absolute Gasteiger partial charge is 0.306 e. The van der Waals surface area contributed by atoms with E-state index in [0.29, 0.717) is 0 Å². The Morgan fingerprint density at radius 3 is 2.55 bits per heavy atom. The van der Waals surface area contributed by atoms with Crippen LogP contribution in [0.15, 0.2) is 24.4 Å². The van der Waals surface area contributed by atoms with Gasteiger partial charge in [0.05, 0.1) is 11.7 Å². The lowest BCUT2D eigenvalue weighted by atomic mass is 9.94. The molecule has 3 heteroatoms. The van der Waals surface area contributed by atoms with E-state index < -0.39 is 0 Å². The second-order valence-corrected chi connectivity index (χ2v) is 5.59. The van der Waals surface area contributed by atoms with E-state index in [0.717, 1.165) is 18.7 Å². The van der Waals surface area contributed by atoms with Gasteiger partial charge in [-0.3, -0.25) is 4.68 Å². The second kappa shape index (κ2) is 6.23. The van der Waals surface area contributed by atoms with Gasteiger partial charge in [0, 0.05) is 18.8 Å². The molecule has 0 radical (unpaired) electrons. The van der Waals surface area contributed by atoms with Crippen LogP contribution in [0.1, 0.15) is 47.3 Å². The van der Waals surface area contributed by atoms with E-state index in [4.69, 9.17) is 0 Å². The van der Waals surface area contributed by atoms with E-state index in [1.807, 2.05) is 11.7 Å². The van der Waals surface area contributed by atoms with Gasteiger partial charge < -0.3 is 5.32 Å². The Morgan fingerprint density at radius 2 is 1.95 bits per heavy atom. The van der Waals surface area contributed by atoms with Crippen LogP contribution in [0, 0.1) is 20.8 Å². The molecular weight excluding hydrogens is 246 g/mol. The molecule has 3 nitrogen and oxygen atoms in total. The van der Waals surface area contributed by atoms with E-state index >= 15 is 0 Å². The fraction of sp³-hybridized carbons (Fsp3) is 0.471. The monoisotopic (exact) mass is 271 g/mol. The normalized spacial score (nSPS) is 12.7. The van der Waals surface area contributed by atoms with Gasteiger partial charge in [0.1, 0.15) is 0 Å². The van der Waals surface area contributed by atoms with E-state index in [-0.39, 0.29) is 6.04 Å². The first-order valence-electron chi connectivity index (χ1n) is 7.33. The summed E-state index contributed by atoms with van der Waals surface area (Å²) < 4.78 is 1.90. The summed E-state index contributed by atoms with van der Waals surface area (Å²) in [6.07, 6.45) is 3.26. The minimum Gasteiger partial charge on any atom is -0.306 e. The van der Waals surface area contributed by atoms with Crippen molar-refractivity contribution in [3.63, 3.8) is 0 Å². The molecule has 0 spiro atoms. The number of nitrogens with zero attached hydrogens (tertiary/aromatic N) is 2. The van der Waals surface area contributed by atoms with Gasteiger partial charge in [0.15, 0.2) is 0 Å². The van der Waals surface area contributed by atoms with Crippen LogP contribution in [0.25, 0.3) is 0 Å². The summed E-state index contributed by atoms with van der Waals surface area (Å²) >= 11 is 0. The Bertz CT molecular complexity index is 584. The average Bonchev–Trinajstić information content (AvgIpc) is 2.73. The molecule has 2 aromatic rings. The summed E-state index contributed by atoms with van der Waals surface area (Å²) in [7, 11) is 1.98. The van der Waals surface area contributed by atoms with Gasteiger partial charge in [-0.1, -0.05) is 30.7 Å². The number of nitrogens with one attached hydrogen (secondary N) is 1. The molecule has 0 saturated carbocycles. The van der Waals surface area contributed by atoms with Crippen molar-refractivity contribution in [2.24, 2.45) is 7.05 Å². The molecule has 108 valence electrons. The first-order chi connectivity index (χ1) is 9.52. The Balaban J connectivity index is 2.46. The van der Waals surface area contributed by atoms with Crippen LogP contribution in [-0.4, -0.2) is 16.3 Å². The summed E-state index contributed by atoms with van der Waals surface area (Å²) in [6.45, 7) is 9.62. The third-order valence-electron chi connectivity index (χ3n) is 3.71. The Morgan fingerprint density at radius 1 is 1.20 bits per heavy atom. The predicted molar refractivity (Wildman–Crippen MR) is 84.0 cm³/mol. The van der Waals surface area contributed by atoms with Crippen LogP contribution in [-0.2, 0) is 7.05 Å². The maximum Gasteiger partial charge on any atom is 0.0644 e. The molecule has 0 bridgehead atoms. The highest BCUT2D eigenvalue weighted by Crippen LogP contribution is 2.27. The smallest absolute Gasteiger partial charge is 0.0644 e. The maximum absolute atomic E-state index is 4.49. The standard InChI is InChI=1S/C17H25N3/c1-6-9-18-17(16-11-20(5)19-14(16)4)15-10-12(2)7-8-13(15)3/h7-8,10-11,17-18H,6,9H2,1-5H3. The van der Waals surface area contributed by atoms with Gasteiger partial charge in [0.25, 0.3) is 0 Å². The third kappa shape index (κ3) is 3.10. The van der Waals surface area contributed by atoms with Gasteiger partial charge >= 0.3 is 0 Å². The molecule has 0 aliphatic carbocycles. The molecule has 1 aromatic heterocycles. The highest BCUT2D eigenvalue weighted by molar-refractivity contribution is 5.39. The van der Waals surface area contributed by atoms with Gasteiger partial charge in [-0.05, 0) is 44.9 Å². The van der Waals surface area contributed by atoms with Crippen LogP contribution < -0.4 is 5.32 Å². The quantitative estimate of drug-likeness (QED) is 0.903. The lowest BCUT2D eigenvalue weighted by molar-refractivity contribution is 0.593. The van der Waals surface area contributed by atoms with E-state index in [1.165, 1.54) is 22.3 Å². The number of benzene rings is 1. The molecule has 0 amide bonds. The Hall–Kier alpha value is -1.61. The van der Waals surface area contributed by atoms with Gasteiger partial charge in [-0.15, -0.1) is 0 Å². The van der Waals surface area contributed by atoms with Gasteiger partial charge in [-0.25, -0.2) is 0 Å². The van der Waals surface area contributed by atoms with Crippen LogP contribution in [0.5, 0.6) is 0 Å². The van der Waals surface area contributed by atoms with Crippen molar-refractivity contribution in [2.75, 3.05) is 6.54 Å². The summed E-state index contributed by atoms with van der Waals surface area (Å²) in [5, 5.41) is 8.17. The zero-order chi connectivity index (χ0) is 14.7. The van der Waals surface area contributed by atoms with Crippen molar-refractivity contribution < 1.29 is 0 Å². The molecular formula is C17H25N3. The number of hydrogen-bond donors (Lipinski definition) is 1. The highest BCUT2D eigenvalue weighted by Gasteiger charge is 2.19. The topological polar surface area (TPSA) is 29.9 Å². The second-order valence-electron chi connectivity index (χ2n) is 5.59. The predicted octanol–water partition coefficient (Wildman–Crippen LogP) is 3.43. The van der Waals surface area contributed by atoms with Crippen LogP contribution in [0.3, 0.4) is 0 Å². The fourth-order valence-corrected chi connectivity index (χ4v) is 2.65. The fourth-order valence-electron chi connectivity index (χ4n) is 2.65. The number of rotatable bonds is 5. The first-order valence-corrected chi connectivity index (χ1v) is 7.33. The number of aryl methyl sites for hydroxylation is 4. The molecule has 0 aliphatic rings. The van der Waals surface area contributed by atoms with Crippen LogP contribution in [0.4, 0.5) is 0 Å². The van der Waals surface area contributed by atoms with Crippen molar-refractivity contribution in [1.82, 2.24) is 15.1 Å². The zero-order valence-electron chi connectivity index (χ0n) is 13.2. The summed E-state index contributed by atoms with van der Waals surface area (Å²) in [5.74, 6) is 0. The summed E-state index contributed by atoms with van der Waals surface area (Å²) in [4.78, 5) is 0. The number of hydrogen-bond acceptors (Lipinski definition) is 2. The molecule has 1 unspecified atom stereocenters. The minimum atomic E-state index is 0.226. The van der Waals surface area contributed by atoms with Gasteiger partial charge in [-0.2, -0.15) is 5.10 Å². The average molecular weight is 271 g/mol. The molecule has 1 N–H and O–H groups in total. The van der Waals surface area contributed by atoms with E-state index in [9.17, 15) is 0 Å². The lowest BCUT2D eigenvalue weighted by Crippen LogP contribution is -2.24. The van der Waals surface area contributed by atoms with Crippen molar-refractivity contribution in [1.29, 1.82) is 0 Å². The van der Waals surface area contributed by atoms with Crippen LogP contribution in [0.2, 0.25) is 0 Å². The van der Waals surface area contributed by atoms with Crippen molar-refractivity contribution in [3.8, 4) is 0 Å². The SMILES string of the molecule is CCCNC(c1cc(C)ccc1C)c1cn(C)nc1C. The molecule has 0 aliphatic heterocycles. The van der Waals surface area contributed by atoms with E-state index in [2.05, 4.69) is 62.5 Å². The minimum absolute atomic E-state index is 0.226. The molecule has 0 fully saturated rings.